The van der Waals surface area contributed by atoms with Crippen LogP contribution < -0.4 is 10.3 Å². The number of hydrogen-bond donors (Lipinski definition) is 1. The maximum Gasteiger partial charge on any atom is 0.277 e. The third-order valence-corrected chi connectivity index (χ3v) is 5.13. The summed E-state index contributed by atoms with van der Waals surface area (Å²) in [5, 5.41) is 0. The Morgan fingerprint density at radius 2 is 1.13 bits per heavy atom. The van der Waals surface area contributed by atoms with Crippen LogP contribution in [0.25, 0.3) is 11.1 Å². The van der Waals surface area contributed by atoms with Gasteiger partial charge in [-0.1, -0.05) is 60.7 Å². The summed E-state index contributed by atoms with van der Waals surface area (Å²) in [5.74, 6) is 5.80. The first-order valence-electron chi connectivity index (χ1n) is 7.09. The van der Waals surface area contributed by atoms with E-state index in [4.69, 9.17) is 5.84 Å². The SMILES string of the molecule is NN(c1ccccc1)S(=O)(=O)c1ccc(-c2ccccc2)cc1. The lowest BCUT2D eigenvalue weighted by Gasteiger charge is -2.18. The first kappa shape index (κ1) is 15.3. The van der Waals surface area contributed by atoms with E-state index in [1.165, 1.54) is 0 Å². The molecule has 0 aromatic heterocycles. The molecule has 0 aliphatic rings. The van der Waals surface area contributed by atoms with Crippen LogP contribution in [0.15, 0.2) is 89.8 Å². The molecule has 0 atom stereocenters. The lowest BCUT2D eigenvalue weighted by atomic mass is 10.1. The summed E-state index contributed by atoms with van der Waals surface area (Å²) in [4.78, 5) is 0.156. The van der Waals surface area contributed by atoms with Crippen LogP contribution in [-0.4, -0.2) is 8.42 Å². The average molecular weight is 324 g/mol. The molecule has 0 bridgehead atoms. The molecule has 116 valence electrons. The van der Waals surface area contributed by atoms with Crippen LogP contribution in [0, 0.1) is 0 Å². The number of nitrogens with two attached hydrogens (primary N) is 1. The highest BCUT2D eigenvalue weighted by Gasteiger charge is 2.21. The molecule has 0 radical (unpaired) electrons. The van der Waals surface area contributed by atoms with Crippen LogP contribution in [0.5, 0.6) is 0 Å². The van der Waals surface area contributed by atoms with Crippen LogP contribution in [0.3, 0.4) is 0 Å². The highest BCUT2D eigenvalue weighted by Crippen LogP contribution is 2.24. The van der Waals surface area contributed by atoms with Crippen molar-refractivity contribution in [3.8, 4) is 11.1 Å². The van der Waals surface area contributed by atoms with Crippen molar-refractivity contribution in [1.29, 1.82) is 0 Å². The van der Waals surface area contributed by atoms with E-state index >= 15 is 0 Å². The fraction of sp³-hybridized carbons (Fsp3) is 0. The molecule has 0 amide bonds. The number of hydrazine groups is 1. The van der Waals surface area contributed by atoms with E-state index < -0.39 is 10.0 Å². The van der Waals surface area contributed by atoms with Gasteiger partial charge < -0.3 is 0 Å². The molecule has 3 aromatic carbocycles. The largest absolute Gasteiger partial charge is 0.277 e. The van der Waals surface area contributed by atoms with Gasteiger partial charge in [-0.2, -0.15) is 8.42 Å². The molecule has 23 heavy (non-hydrogen) atoms. The van der Waals surface area contributed by atoms with Crippen molar-refractivity contribution in [1.82, 2.24) is 0 Å². The van der Waals surface area contributed by atoms with Crippen molar-refractivity contribution >= 4 is 15.7 Å². The van der Waals surface area contributed by atoms with Gasteiger partial charge in [-0.25, -0.2) is 10.3 Å². The minimum absolute atomic E-state index is 0.156. The minimum Gasteiger partial charge on any atom is -0.233 e. The number of hydrogen-bond acceptors (Lipinski definition) is 3. The summed E-state index contributed by atoms with van der Waals surface area (Å²) in [6.07, 6.45) is 0. The molecule has 0 saturated heterocycles. The third kappa shape index (κ3) is 3.11. The van der Waals surface area contributed by atoms with Crippen LogP contribution in [0.4, 0.5) is 5.69 Å². The van der Waals surface area contributed by atoms with Crippen molar-refractivity contribution < 1.29 is 8.42 Å². The maximum atomic E-state index is 12.6. The Kier molecular flexibility index (Phi) is 4.14. The summed E-state index contributed by atoms with van der Waals surface area (Å²) < 4.78 is 26.0. The van der Waals surface area contributed by atoms with Crippen molar-refractivity contribution in [3.05, 3.63) is 84.9 Å². The molecule has 0 aliphatic heterocycles. The Bertz CT molecular complexity index is 877. The molecule has 0 spiro atoms. The number of rotatable bonds is 4. The fourth-order valence-electron chi connectivity index (χ4n) is 2.28. The summed E-state index contributed by atoms with van der Waals surface area (Å²) in [6, 6.07) is 25.0. The number of para-hydroxylation sites is 1. The Balaban J connectivity index is 1.92. The van der Waals surface area contributed by atoms with E-state index in [0.717, 1.165) is 15.5 Å². The quantitative estimate of drug-likeness (QED) is 0.591. The zero-order valence-corrected chi connectivity index (χ0v) is 13.1. The molecular weight excluding hydrogens is 308 g/mol. The molecule has 3 rings (SSSR count). The van der Waals surface area contributed by atoms with E-state index in [9.17, 15) is 8.42 Å². The standard InChI is InChI=1S/C18H16N2O2S/c19-20(17-9-5-2-6-10-17)23(21,22)18-13-11-16(12-14-18)15-7-3-1-4-8-15/h1-14H,19H2. The molecule has 0 saturated carbocycles. The van der Waals surface area contributed by atoms with Gasteiger partial charge in [0.1, 0.15) is 0 Å². The van der Waals surface area contributed by atoms with Crippen molar-refractivity contribution in [2.45, 2.75) is 4.90 Å². The molecule has 5 heteroatoms. The minimum atomic E-state index is -3.78. The van der Waals surface area contributed by atoms with Crippen LogP contribution in [0.2, 0.25) is 0 Å². The number of benzene rings is 3. The van der Waals surface area contributed by atoms with Gasteiger partial charge in [0, 0.05) is 0 Å². The first-order valence-corrected chi connectivity index (χ1v) is 8.53. The molecule has 0 fully saturated rings. The Hall–Kier alpha value is -2.63. The molecule has 0 unspecified atom stereocenters. The Morgan fingerprint density at radius 1 is 0.652 bits per heavy atom. The molecule has 0 heterocycles. The fourth-order valence-corrected chi connectivity index (χ4v) is 3.38. The number of sulfonamides is 1. The smallest absolute Gasteiger partial charge is 0.233 e. The molecular formula is C18H16N2O2S. The van der Waals surface area contributed by atoms with Gasteiger partial charge in [-0.05, 0) is 35.4 Å². The number of anilines is 1. The van der Waals surface area contributed by atoms with Gasteiger partial charge in [0.15, 0.2) is 0 Å². The zero-order chi connectivity index (χ0) is 16.3. The van der Waals surface area contributed by atoms with Gasteiger partial charge >= 0.3 is 0 Å². The van der Waals surface area contributed by atoms with E-state index in [1.807, 2.05) is 30.3 Å². The topological polar surface area (TPSA) is 63.4 Å². The second-order valence-corrected chi connectivity index (χ2v) is 6.84. The van der Waals surface area contributed by atoms with Crippen molar-refractivity contribution in [2.24, 2.45) is 5.84 Å². The Labute approximate surface area is 135 Å². The van der Waals surface area contributed by atoms with Crippen molar-refractivity contribution in [2.75, 3.05) is 4.41 Å². The molecule has 2 N–H and O–H groups in total. The van der Waals surface area contributed by atoms with Gasteiger partial charge in [-0.3, -0.25) is 0 Å². The highest BCUT2D eigenvalue weighted by molar-refractivity contribution is 7.92. The average Bonchev–Trinajstić information content (AvgIpc) is 2.62. The summed E-state index contributed by atoms with van der Waals surface area (Å²) in [5.41, 5.74) is 2.40. The second-order valence-electron chi connectivity index (χ2n) is 5.03. The lowest BCUT2D eigenvalue weighted by molar-refractivity contribution is 0.592. The first-order chi connectivity index (χ1) is 11.1. The lowest BCUT2D eigenvalue weighted by Crippen LogP contribution is -2.37. The van der Waals surface area contributed by atoms with Crippen LogP contribution >= 0.6 is 0 Å². The third-order valence-electron chi connectivity index (χ3n) is 3.53. The van der Waals surface area contributed by atoms with E-state index in [0.29, 0.717) is 5.69 Å². The predicted molar refractivity (Wildman–Crippen MR) is 92.2 cm³/mol. The summed E-state index contributed by atoms with van der Waals surface area (Å²) in [7, 11) is -3.78. The normalized spacial score (nSPS) is 11.2. The second kappa shape index (κ2) is 6.24. The van der Waals surface area contributed by atoms with Crippen molar-refractivity contribution in [3.63, 3.8) is 0 Å². The van der Waals surface area contributed by atoms with Gasteiger partial charge in [0.2, 0.25) is 0 Å². The molecule has 4 nitrogen and oxygen atoms in total. The number of nitrogens with zero attached hydrogens (tertiary/aromatic N) is 1. The van der Waals surface area contributed by atoms with Crippen LogP contribution in [-0.2, 0) is 10.0 Å². The zero-order valence-electron chi connectivity index (χ0n) is 12.3. The van der Waals surface area contributed by atoms with Gasteiger partial charge in [-0.15, -0.1) is 0 Å². The molecule has 3 aromatic rings. The van der Waals surface area contributed by atoms with E-state index in [1.54, 1.807) is 54.6 Å². The van der Waals surface area contributed by atoms with Crippen LogP contribution in [0.1, 0.15) is 0 Å². The predicted octanol–water partition coefficient (Wildman–Crippen LogP) is 3.42. The monoisotopic (exact) mass is 324 g/mol. The summed E-state index contributed by atoms with van der Waals surface area (Å²) in [6.45, 7) is 0. The highest BCUT2D eigenvalue weighted by atomic mass is 32.2. The van der Waals surface area contributed by atoms with Gasteiger partial charge in [0.05, 0.1) is 10.6 Å². The van der Waals surface area contributed by atoms with E-state index in [2.05, 4.69) is 0 Å². The molecule has 0 aliphatic carbocycles. The Morgan fingerprint density at radius 3 is 1.70 bits per heavy atom. The maximum absolute atomic E-state index is 12.6. The van der Waals surface area contributed by atoms with Gasteiger partial charge in [0.25, 0.3) is 10.0 Å². The summed E-state index contributed by atoms with van der Waals surface area (Å²) >= 11 is 0. The van der Waals surface area contributed by atoms with E-state index in [-0.39, 0.29) is 4.90 Å².